The number of anilines is 1. The van der Waals surface area contributed by atoms with Crippen molar-refractivity contribution in [3.05, 3.63) is 33.9 Å². The lowest BCUT2D eigenvalue weighted by molar-refractivity contribution is -0.384. The second-order valence-corrected chi connectivity index (χ2v) is 6.69. The molecular formula is C17H24N4O4. The van der Waals surface area contributed by atoms with Gasteiger partial charge in [0.25, 0.3) is 11.6 Å². The van der Waals surface area contributed by atoms with Crippen LogP contribution in [0.15, 0.2) is 18.2 Å². The summed E-state index contributed by atoms with van der Waals surface area (Å²) in [6, 6.07) is 4.37. The van der Waals surface area contributed by atoms with Crippen molar-refractivity contribution < 1.29 is 14.5 Å². The minimum Gasteiger partial charge on any atom is -0.379 e. The molecule has 25 heavy (non-hydrogen) atoms. The minimum absolute atomic E-state index is 0.112. The van der Waals surface area contributed by atoms with Crippen molar-refractivity contribution in [2.45, 2.75) is 12.8 Å². The smallest absolute Gasteiger partial charge is 0.270 e. The van der Waals surface area contributed by atoms with E-state index < -0.39 is 10.8 Å². The summed E-state index contributed by atoms with van der Waals surface area (Å²) in [5.41, 5.74) is 6.27. The summed E-state index contributed by atoms with van der Waals surface area (Å²) in [6.07, 6.45) is 2.18. The van der Waals surface area contributed by atoms with Crippen LogP contribution in [-0.4, -0.2) is 61.7 Å². The number of carbonyl (C=O) groups excluding carboxylic acids is 1. The SMILES string of the molecule is NC(=O)c1cc([N+](=O)[O-])ccc1N1CCCC(CN2CCOCC2)C1. The summed E-state index contributed by atoms with van der Waals surface area (Å²) in [5, 5.41) is 11.0. The topological polar surface area (TPSA) is 102 Å². The lowest BCUT2D eigenvalue weighted by atomic mass is 9.96. The van der Waals surface area contributed by atoms with Crippen molar-refractivity contribution in [1.82, 2.24) is 4.90 Å². The number of nitro benzene ring substituents is 1. The maximum Gasteiger partial charge on any atom is 0.270 e. The molecule has 3 rings (SSSR count). The molecule has 1 aromatic carbocycles. The van der Waals surface area contributed by atoms with Crippen molar-refractivity contribution in [2.24, 2.45) is 11.7 Å². The molecule has 1 aromatic rings. The van der Waals surface area contributed by atoms with Gasteiger partial charge in [0.05, 0.1) is 29.4 Å². The Hall–Kier alpha value is -2.19. The Morgan fingerprint density at radius 3 is 2.76 bits per heavy atom. The molecule has 1 amide bonds. The van der Waals surface area contributed by atoms with E-state index in [4.69, 9.17) is 10.5 Å². The first kappa shape index (κ1) is 17.6. The largest absolute Gasteiger partial charge is 0.379 e. The number of non-ortho nitro benzene ring substituents is 1. The zero-order valence-electron chi connectivity index (χ0n) is 14.2. The van der Waals surface area contributed by atoms with Crippen LogP contribution in [0.5, 0.6) is 0 Å². The van der Waals surface area contributed by atoms with Gasteiger partial charge in [0.2, 0.25) is 0 Å². The fourth-order valence-corrected chi connectivity index (χ4v) is 3.69. The summed E-state index contributed by atoms with van der Waals surface area (Å²) >= 11 is 0. The number of amides is 1. The predicted molar refractivity (Wildman–Crippen MR) is 93.8 cm³/mol. The van der Waals surface area contributed by atoms with Gasteiger partial charge in [-0.15, -0.1) is 0 Å². The third-order valence-electron chi connectivity index (χ3n) is 4.94. The number of hydrogen-bond donors (Lipinski definition) is 1. The summed E-state index contributed by atoms with van der Waals surface area (Å²) in [4.78, 5) is 26.8. The van der Waals surface area contributed by atoms with Gasteiger partial charge in [0, 0.05) is 44.9 Å². The number of carbonyl (C=O) groups is 1. The van der Waals surface area contributed by atoms with Gasteiger partial charge >= 0.3 is 0 Å². The third-order valence-corrected chi connectivity index (χ3v) is 4.94. The van der Waals surface area contributed by atoms with E-state index in [1.165, 1.54) is 12.1 Å². The molecular weight excluding hydrogens is 324 g/mol. The highest BCUT2D eigenvalue weighted by molar-refractivity contribution is 5.99. The molecule has 0 saturated carbocycles. The monoisotopic (exact) mass is 348 g/mol. The van der Waals surface area contributed by atoms with E-state index >= 15 is 0 Å². The molecule has 2 fully saturated rings. The van der Waals surface area contributed by atoms with Crippen molar-refractivity contribution in [1.29, 1.82) is 0 Å². The second kappa shape index (κ2) is 7.79. The molecule has 2 saturated heterocycles. The summed E-state index contributed by atoms with van der Waals surface area (Å²) < 4.78 is 5.39. The van der Waals surface area contributed by atoms with Gasteiger partial charge in [-0.3, -0.25) is 19.8 Å². The van der Waals surface area contributed by atoms with E-state index in [-0.39, 0.29) is 11.3 Å². The number of ether oxygens (including phenoxy) is 1. The second-order valence-electron chi connectivity index (χ2n) is 6.69. The first-order chi connectivity index (χ1) is 12.0. The zero-order chi connectivity index (χ0) is 17.8. The maximum atomic E-state index is 11.8. The van der Waals surface area contributed by atoms with Crippen LogP contribution in [0.1, 0.15) is 23.2 Å². The number of morpholine rings is 1. The molecule has 8 heteroatoms. The van der Waals surface area contributed by atoms with Gasteiger partial charge in [-0.25, -0.2) is 0 Å². The fraction of sp³-hybridized carbons (Fsp3) is 0.588. The molecule has 2 N–H and O–H groups in total. The highest BCUT2D eigenvalue weighted by Gasteiger charge is 2.26. The van der Waals surface area contributed by atoms with E-state index in [0.717, 1.165) is 58.8 Å². The van der Waals surface area contributed by atoms with Gasteiger partial charge < -0.3 is 15.4 Å². The average molecular weight is 348 g/mol. The lowest BCUT2D eigenvalue weighted by Gasteiger charge is -2.38. The first-order valence-corrected chi connectivity index (χ1v) is 8.68. The number of nitro groups is 1. The van der Waals surface area contributed by atoms with Crippen LogP contribution in [0.3, 0.4) is 0 Å². The Kier molecular flexibility index (Phi) is 5.50. The molecule has 2 heterocycles. The van der Waals surface area contributed by atoms with E-state index in [0.29, 0.717) is 11.6 Å². The van der Waals surface area contributed by atoms with E-state index in [1.54, 1.807) is 6.07 Å². The van der Waals surface area contributed by atoms with Crippen LogP contribution in [0.2, 0.25) is 0 Å². The summed E-state index contributed by atoms with van der Waals surface area (Å²) in [6.45, 7) is 6.16. The number of hydrogen-bond acceptors (Lipinski definition) is 6. The third kappa shape index (κ3) is 4.26. The summed E-state index contributed by atoms with van der Waals surface area (Å²) in [5.74, 6) is -0.128. The number of primary amides is 1. The molecule has 0 aromatic heterocycles. The maximum absolute atomic E-state index is 11.8. The van der Waals surface area contributed by atoms with Crippen LogP contribution in [0.4, 0.5) is 11.4 Å². The number of piperidine rings is 1. The van der Waals surface area contributed by atoms with Gasteiger partial charge in [-0.2, -0.15) is 0 Å². The molecule has 1 unspecified atom stereocenters. The number of nitrogens with zero attached hydrogens (tertiary/aromatic N) is 3. The van der Waals surface area contributed by atoms with Crippen molar-refractivity contribution in [2.75, 3.05) is 50.8 Å². The van der Waals surface area contributed by atoms with E-state index in [1.807, 2.05) is 0 Å². The average Bonchev–Trinajstić information content (AvgIpc) is 2.62. The van der Waals surface area contributed by atoms with Crippen LogP contribution >= 0.6 is 0 Å². The number of nitrogens with two attached hydrogens (primary N) is 1. The van der Waals surface area contributed by atoms with Crippen molar-refractivity contribution in [3.63, 3.8) is 0 Å². The van der Waals surface area contributed by atoms with Crippen LogP contribution < -0.4 is 10.6 Å². The molecule has 1 atom stereocenters. The Bertz CT molecular complexity index is 646. The van der Waals surface area contributed by atoms with E-state index in [2.05, 4.69) is 9.80 Å². The van der Waals surface area contributed by atoms with Gasteiger partial charge in [0.15, 0.2) is 0 Å². The predicted octanol–water partition coefficient (Wildman–Crippen LogP) is 1.24. The quantitative estimate of drug-likeness (QED) is 0.634. The molecule has 0 radical (unpaired) electrons. The number of rotatable bonds is 5. The lowest BCUT2D eigenvalue weighted by Crippen LogP contribution is -2.45. The van der Waals surface area contributed by atoms with E-state index in [9.17, 15) is 14.9 Å². The normalized spacial score (nSPS) is 21.9. The number of benzene rings is 1. The van der Waals surface area contributed by atoms with Gasteiger partial charge in [-0.05, 0) is 24.8 Å². The molecule has 8 nitrogen and oxygen atoms in total. The Labute approximate surface area is 146 Å². The standard InChI is InChI=1S/C17H24N4O4/c18-17(22)15-10-14(21(23)24)3-4-16(15)20-5-1-2-13(12-20)11-19-6-8-25-9-7-19/h3-4,10,13H,1-2,5-9,11-12H2,(H2,18,22). The first-order valence-electron chi connectivity index (χ1n) is 8.68. The molecule has 2 aliphatic heterocycles. The highest BCUT2D eigenvalue weighted by atomic mass is 16.6. The molecule has 2 aliphatic rings. The minimum atomic E-state index is -0.631. The van der Waals surface area contributed by atoms with Crippen molar-refractivity contribution in [3.8, 4) is 0 Å². The Morgan fingerprint density at radius 1 is 1.32 bits per heavy atom. The molecule has 0 bridgehead atoms. The highest BCUT2D eigenvalue weighted by Crippen LogP contribution is 2.29. The summed E-state index contributed by atoms with van der Waals surface area (Å²) in [7, 11) is 0. The van der Waals surface area contributed by atoms with Crippen LogP contribution in [0, 0.1) is 16.0 Å². The Balaban J connectivity index is 1.74. The molecule has 136 valence electrons. The Morgan fingerprint density at radius 2 is 2.08 bits per heavy atom. The van der Waals surface area contributed by atoms with Crippen LogP contribution in [-0.2, 0) is 4.74 Å². The molecule has 0 spiro atoms. The van der Waals surface area contributed by atoms with Gasteiger partial charge in [0.1, 0.15) is 0 Å². The van der Waals surface area contributed by atoms with Crippen molar-refractivity contribution >= 4 is 17.3 Å². The van der Waals surface area contributed by atoms with Crippen LogP contribution in [0.25, 0.3) is 0 Å². The molecule has 0 aliphatic carbocycles. The zero-order valence-corrected chi connectivity index (χ0v) is 14.2. The fourth-order valence-electron chi connectivity index (χ4n) is 3.69. The van der Waals surface area contributed by atoms with Gasteiger partial charge in [-0.1, -0.05) is 0 Å².